The fourth-order valence-corrected chi connectivity index (χ4v) is 3.34. The second kappa shape index (κ2) is 6.71. The standard InChI is InChI=1S/C16H27N5/c1-3-4-14-11-17-16(18-12-14)21-6-5-15(13-21)20-9-7-19(2)8-10-20/h11-12,15H,3-10,13H2,1-2H3/t15-/m1/s1. The van der Waals surface area contributed by atoms with Gasteiger partial charge in [-0.3, -0.25) is 4.90 Å². The summed E-state index contributed by atoms with van der Waals surface area (Å²) in [6.45, 7) is 9.14. The van der Waals surface area contributed by atoms with Crippen molar-refractivity contribution < 1.29 is 0 Å². The maximum Gasteiger partial charge on any atom is 0.225 e. The average molecular weight is 289 g/mol. The Morgan fingerprint density at radius 2 is 1.81 bits per heavy atom. The molecular weight excluding hydrogens is 262 g/mol. The van der Waals surface area contributed by atoms with Crippen molar-refractivity contribution in [3.05, 3.63) is 18.0 Å². The topological polar surface area (TPSA) is 35.5 Å². The van der Waals surface area contributed by atoms with Gasteiger partial charge in [0.15, 0.2) is 0 Å². The summed E-state index contributed by atoms with van der Waals surface area (Å²) < 4.78 is 0. The molecule has 0 unspecified atom stereocenters. The van der Waals surface area contributed by atoms with Crippen molar-refractivity contribution in [3.63, 3.8) is 0 Å². The van der Waals surface area contributed by atoms with Crippen molar-refractivity contribution in [2.45, 2.75) is 32.2 Å². The molecular formula is C16H27N5. The first-order valence-electron chi connectivity index (χ1n) is 8.24. The molecule has 2 aliphatic heterocycles. The smallest absolute Gasteiger partial charge is 0.225 e. The Balaban J connectivity index is 1.56. The minimum absolute atomic E-state index is 0.678. The monoisotopic (exact) mass is 289 g/mol. The molecule has 0 aromatic carbocycles. The van der Waals surface area contributed by atoms with Crippen LogP contribution < -0.4 is 4.90 Å². The molecule has 5 heteroatoms. The Hall–Kier alpha value is -1.20. The number of piperazine rings is 1. The minimum atomic E-state index is 0.678. The largest absolute Gasteiger partial charge is 0.339 e. The lowest BCUT2D eigenvalue weighted by Crippen LogP contribution is -2.49. The predicted molar refractivity (Wildman–Crippen MR) is 85.7 cm³/mol. The van der Waals surface area contributed by atoms with Crippen molar-refractivity contribution in [2.24, 2.45) is 0 Å². The van der Waals surface area contributed by atoms with Crippen LogP contribution in [0, 0.1) is 0 Å². The predicted octanol–water partition coefficient (Wildman–Crippen LogP) is 1.26. The van der Waals surface area contributed by atoms with Crippen molar-refractivity contribution in [1.82, 2.24) is 19.8 Å². The summed E-state index contributed by atoms with van der Waals surface area (Å²) in [6.07, 6.45) is 7.45. The molecule has 2 saturated heterocycles. The molecule has 0 amide bonds. The molecule has 1 atom stereocenters. The number of hydrogen-bond acceptors (Lipinski definition) is 5. The minimum Gasteiger partial charge on any atom is -0.339 e. The Morgan fingerprint density at radius 1 is 1.10 bits per heavy atom. The zero-order valence-corrected chi connectivity index (χ0v) is 13.3. The van der Waals surface area contributed by atoms with E-state index in [1.54, 1.807) is 0 Å². The first-order valence-corrected chi connectivity index (χ1v) is 8.24. The maximum atomic E-state index is 4.56. The molecule has 5 nitrogen and oxygen atoms in total. The van der Waals surface area contributed by atoms with Gasteiger partial charge in [-0.2, -0.15) is 0 Å². The molecule has 1 aromatic heterocycles. The van der Waals surface area contributed by atoms with Crippen molar-refractivity contribution >= 4 is 5.95 Å². The van der Waals surface area contributed by atoms with Gasteiger partial charge in [0.05, 0.1) is 0 Å². The molecule has 116 valence electrons. The summed E-state index contributed by atoms with van der Waals surface area (Å²) in [6, 6.07) is 0.678. The van der Waals surface area contributed by atoms with E-state index < -0.39 is 0 Å². The molecule has 2 aliphatic rings. The van der Waals surface area contributed by atoms with E-state index in [1.807, 2.05) is 12.4 Å². The molecule has 3 heterocycles. The number of anilines is 1. The Morgan fingerprint density at radius 3 is 2.48 bits per heavy atom. The van der Waals surface area contributed by atoms with Gasteiger partial charge in [0.25, 0.3) is 0 Å². The summed E-state index contributed by atoms with van der Waals surface area (Å²) >= 11 is 0. The third-order valence-corrected chi connectivity index (χ3v) is 4.73. The number of hydrogen-bond donors (Lipinski definition) is 0. The summed E-state index contributed by atoms with van der Waals surface area (Å²) in [5, 5.41) is 0. The van der Waals surface area contributed by atoms with Gasteiger partial charge in [0.1, 0.15) is 0 Å². The maximum absolute atomic E-state index is 4.56. The van der Waals surface area contributed by atoms with Crippen LogP contribution in [0.1, 0.15) is 25.3 Å². The second-order valence-electron chi connectivity index (χ2n) is 6.37. The zero-order valence-electron chi connectivity index (χ0n) is 13.3. The molecule has 0 N–H and O–H groups in total. The fraction of sp³-hybridized carbons (Fsp3) is 0.750. The summed E-state index contributed by atoms with van der Waals surface area (Å²) in [5.41, 5.74) is 1.25. The zero-order chi connectivity index (χ0) is 14.7. The summed E-state index contributed by atoms with van der Waals surface area (Å²) in [7, 11) is 2.21. The SMILES string of the molecule is CCCc1cnc(N2CC[C@@H](N3CCN(C)CC3)C2)nc1. The molecule has 21 heavy (non-hydrogen) atoms. The summed E-state index contributed by atoms with van der Waals surface area (Å²) in [5.74, 6) is 0.909. The van der Waals surface area contributed by atoms with Gasteiger partial charge in [0, 0.05) is 57.7 Å². The molecule has 0 radical (unpaired) electrons. The van der Waals surface area contributed by atoms with E-state index in [0.717, 1.165) is 31.9 Å². The Labute approximate surface area is 128 Å². The highest BCUT2D eigenvalue weighted by molar-refractivity contribution is 5.32. The lowest BCUT2D eigenvalue weighted by Gasteiger charge is -2.36. The van der Waals surface area contributed by atoms with Crippen LogP contribution >= 0.6 is 0 Å². The lowest BCUT2D eigenvalue weighted by molar-refractivity contribution is 0.120. The lowest BCUT2D eigenvalue weighted by atomic mass is 10.2. The molecule has 1 aromatic rings. The average Bonchev–Trinajstić information content (AvgIpc) is 2.99. The van der Waals surface area contributed by atoms with Crippen LogP contribution in [0.3, 0.4) is 0 Å². The van der Waals surface area contributed by atoms with E-state index in [4.69, 9.17) is 0 Å². The Kier molecular flexibility index (Phi) is 4.70. The van der Waals surface area contributed by atoms with Gasteiger partial charge >= 0.3 is 0 Å². The number of aromatic nitrogens is 2. The first-order chi connectivity index (χ1) is 10.3. The van der Waals surface area contributed by atoms with Crippen molar-refractivity contribution in [1.29, 1.82) is 0 Å². The van der Waals surface area contributed by atoms with Gasteiger partial charge < -0.3 is 9.80 Å². The first kappa shape index (κ1) is 14.7. The van der Waals surface area contributed by atoms with Crippen LogP contribution in [0.15, 0.2) is 12.4 Å². The Bertz CT molecular complexity index is 438. The van der Waals surface area contributed by atoms with E-state index in [2.05, 4.69) is 38.6 Å². The van der Waals surface area contributed by atoms with E-state index in [9.17, 15) is 0 Å². The van der Waals surface area contributed by atoms with Crippen LogP contribution in [0.5, 0.6) is 0 Å². The van der Waals surface area contributed by atoms with Crippen LogP contribution in [-0.2, 0) is 6.42 Å². The van der Waals surface area contributed by atoms with Gasteiger partial charge in [-0.15, -0.1) is 0 Å². The quantitative estimate of drug-likeness (QED) is 0.834. The number of likely N-dealkylation sites (N-methyl/N-ethyl adjacent to an activating group) is 1. The number of rotatable bonds is 4. The molecule has 0 spiro atoms. The van der Waals surface area contributed by atoms with Crippen LogP contribution in [0.25, 0.3) is 0 Å². The number of nitrogens with zero attached hydrogens (tertiary/aromatic N) is 5. The van der Waals surface area contributed by atoms with Crippen molar-refractivity contribution in [3.8, 4) is 0 Å². The molecule has 0 aliphatic carbocycles. The van der Waals surface area contributed by atoms with Crippen LogP contribution in [-0.4, -0.2) is 72.1 Å². The van der Waals surface area contributed by atoms with Gasteiger partial charge in [0.2, 0.25) is 5.95 Å². The highest BCUT2D eigenvalue weighted by atomic mass is 15.3. The number of aryl methyl sites for hydroxylation is 1. The fourth-order valence-electron chi connectivity index (χ4n) is 3.34. The summed E-state index contributed by atoms with van der Waals surface area (Å²) in [4.78, 5) is 16.5. The molecule has 0 bridgehead atoms. The normalized spacial score (nSPS) is 24.7. The highest BCUT2D eigenvalue weighted by Crippen LogP contribution is 2.21. The molecule has 3 rings (SSSR count). The third kappa shape index (κ3) is 3.52. The molecule has 0 saturated carbocycles. The van der Waals surface area contributed by atoms with E-state index in [0.29, 0.717) is 6.04 Å². The second-order valence-corrected chi connectivity index (χ2v) is 6.37. The van der Waals surface area contributed by atoms with Gasteiger partial charge in [-0.1, -0.05) is 13.3 Å². The highest BCUT2D eigenvalue weighted by Gasteiger charge is 2.30. The van der Waals surface area contributed by atoms with E-state index in [-0.39, 0.29) is 0 Å². The van der Waals surface area contributed by atoms with E-state index in [1.165, 1.54) is 38.2 Å². The third-order valence-electron chi connectivity index (χ3n) is 4.73. The van der Waals surface area contributed by atoms with E-state index >= 15 is 0 Å². The van der Waals surface area contributed by atoms with Crippen LogP contribution in [0.2, 0.25) is 0 Å². The van der Waals surface area contributed by atoms with Gasteiger partial charge in [-0.05, 0) is 25.5 Å². The van der Waals surface area contributed by atoms with Crippen molar-refractivity contribution in [2.75, 3.05) is 51.2 Å². The van der Waals surface area contributed by atoms with Gasteiger partial charge in [-0.25, -0.2) is 9.97 Å². The molecule has 2 fully saturated rings. The van der Waals surface area contributed by atoms with Crippen LogP contribution in [0.4, 0.5) is 5.95 Å².